The van der Waals surface area contributed by atoms with Crippen molar-refractivity contribution in [3.8, 4) is 0 Å². The Hall–Kier alpha value is -0.450. The van der Waals surface area contributed by atoms with Gasteiger partial charge in [-0.05, 0) is 6.92 Å². The topological polar surface area (TPSA) is 33.1 Å². The summed E-state index contributed by atoms with van der Waals surface area (Å²) < 4.78 is 2.19. The van der Waals surface area contributed by atoms with E-state index in [4.69, 9.17) is 0 Å². The van der Waals surface area contributed by atoms with Crippen molar-refractivity contribution in [3.05, 3.63) is 12.4 Å². The number of piperazine rings is 1. The fourth-order valence-corrected chi connectivity index (χ4v) is 1.70. The van der Waals surface area contributed by atoms with Crippen molar-refractivity contribution < 1.29 is 0 Å². The van der Waals surface area contributed by atoms with Crippen LogP contribution in [0.1, 0.15) is 6.92 Å². The van der Waals surface area contributed by atoms with Gasteiger partial charge in [-0.25, -0.2) is 4.98 Å². The molecular weight excluding hydrogens is 235 g/mol. The van der Waals surface area contributed by atoms with Gasteiger partial charge in [-0.2, -0.15) is 0 Å². The maximum absolute atomic E-state index is 4.37. The molecule has 1 aliphatic rings. The van der Waals surface area contributed by atoms with Crippen LogP contribution in [0.2, 0.25) is 0 Å². The first-order chi connectivity index (χ1) is 6.42. The molecule has 1 saturated heterocycles. The van der Waals surface area contributed by atoms with Crippen molar-refractivity contribution in [2.45, 2.75) is 13.5 Å². The summed E-state index contributed by atoms with van der Waals surface area (Å²) in [6.45, 7) is 7.41. The van der Waals surface area contributed by atoms with Gasteiger partial charge in [0.2, 0.25) is 5.95 Å². The third-order valence-corrected chi connectivity index (χ3v) is 2.43. The molecule has 0 aromatic carbocycles. The van der Waals surface area contributed by atoms with Crippen molar-refractivity contribution in [1.82, 2.24) is 14.9 Å². The zero-order valence-corrected chi connectivity index (χ0v) is 10.5. The molecule has 6 heteroatoms. The third kappa shape index (κ3) is 3.26. The van der Waals surface area contributed by atoms with E-state index in [0.717, 1.165) is 38.7 Å². The Kier molecular flexibility index (Phi) is 6.72. The number of rotatable bonds is 2. The van der Waals surface area contributed by atoms with E-state index < -0.39 is 0 Å². The first kappa shape index (κ1) is 14.6. The molecule has 0 amide bonds. The Labute approximate surface area is 103 Å². The van der Waals surface area contributed by atoms with Crippen molar-refractivity contribution in [2.75, 3.05) is 31.1 Å². The van der Waals surface area contributed by atoms with Crippen LogP contribution >= 0.6 is 24.8 Å². The molecule has 1 N–H and O–H groups in total. The average Bonchev–Trinajstić information content (AvgIpc) is 2.67. The van der Waals surface area contributed by atoms with Gasteiger partial charge >= 0.3 is 0 Å². The molecule has 1 fully saturated rings. The number of hydrogen-bond acceptors (Lipinski definition) is 3. The second kappa shape index (κ2) is 6.93. The summed E-state index contributed by atoms with van der Waals surface area (Å²) in [4.78, 5) is 6.71. The van der Waals surface area contributed by atoms with E-state index in [1.807, 2.05) is 12.4 Å². The molecule has 0 bridgehead atoms. The largest absolute Gasteiger partial charge is 0.340 e. The van der Waals surface area contributed by atoms with E-state index in [1.165, 1.54) is 0 Å². The van der Waals surface area contributed by atoms with Gasteiger partial charge in [0.15, 0.2) is 0 Å². The standard InChI is InChI=1S/C9H16N4.2ClH/c1-2-12-8-5-11-9(12)13-6-3-10-4-7-13;;/h5,8,10H,2-4,6-7H2,1H3;2*1H. The molecule has 0 spiro atoms. The van der Waals surface area contributed by atoms with E-state index in [0.29, 0.717) is 0 Å². The predicted molar refractivity (Wildman–Crippen MR) is 67.5 cm³/mol. The molecule has 0 saturated carbocycles. The summed E-state index contributed by atoms with van der Waals surface area (Å²) in [5.41, 5.74) is 0. The van der Waals surface area contributed by atoms with E-state index >= 15 is 0 Å². The highest BCUT2D eigenvalue weighted by Gasteiger charge is 2.13. The summed E-state index contributed by atoms with van der Waals surface area (Å²) in [5, 5.41) is 3.34. The highest BCUT2D eigenvalue weighted by Crippen LogP contribution is 2.11. The maximum atomic E-state index is 4.37. The minimum atomic E-state index is 0. The highest BCUT2D eigenvalue weighted by atomic mass is 35.5. The van der Waals surface area contributed by atoms with E-state index in [1.54, 1.807) is 0 Å². The van der Waals surface area contributed by atoms with E-state index in [2.05, 4.69) is 26.7 Å². The molecule has 0 atom stereocenters. The average molecular weight is 253 g/mol. The van der Waals surface area contributed by atoms with Crippen molar-refractivity contribution in [3.63, 3.8) is 0 Å². The van der Waals surface area contributed by atoms with Gasteiger partial charge in [0.1, 0.15) is 0 Å². The first-order valence-corrected chi connectivity index (χ1v) is 4.88. The highest BCUT2D eigenvalue weighted by molar-refractivity contribution is 5.85. The molecule has 15 heavy (non-hydrogen) atoms. The molecule has 0 radical (unpaired) electrons. The minimum Gasteiger partial charge on any atom is -0.340 e. The van der Waals surface area contributed by atoms with Crippen molar-refractivity contribution in [1.29, 1.82) is 0 Å². The smallest absolute Gasteiger partial charge is 0.205 e. The Morgan fingerprint density at radius 3 is 2.60 bits per heavy atom. The van der Waals surface area contributed by atoms with Crippen LogP contribution in [0.5, 0.6) is 0 Å². The van der Waals surface area contributed by atoms with E-state index in [9.17, 15) is 0 Å². The SMILES string of the molecule is CCn1ccnc1N1CCNCC1.Cl.Cl. The van der Waals surface area contributed by atoms with Crippen LogP contribution in [-0.2, 0) is 6.54 Å². The van der Waals surface area contributed by atoms with Crippen LogP contribution in [0, 0.1) is 0 Å². The van der Waals surface area contributed by atoms with Crippen LogP contribution in [0.25, 0.3) is 0 Å². The van der Waals surface area contributed by atoms with Crippen LogP contribution in [0.3, 0.4) is 0 Å². The summed E-state index contributed by atoms with van der Waals surface area (Å²) in [5.74, 6) is 1.11. The summed E-state index contributed by atoms with van der Waals surface area (Å²) in [6, 6.07) is 0. The fourth-order valence-electron chi connectivity index (χ4n) is 1.70. The van der Waals surface area contributed by atoms with Crippen LogP contribution < -0.4 is 10.2 Å². The lowest BCUT2D eigenvalue weighted by atomic mass is 10.4. The molecule has 0 aliphatic carbocycles. The molecule has 1 aromatic heterocycles. The summed E-state index contributed by atoms with van der Waals surface area (Å²) in [7, 11) is 0. The number of aryl methyl sites for hydroxylation is 1. The van der Waals surface area contributed by atoms with Crippen molar-refractivity contribution >= 4 is 30.8 Å². The molecule has 2 rings (SSSR count). The molecule has 1 aromatic rings. The Morgan fingerprint density at radius 1 is 1.33 bits per heavy atom. The molecule has 88 valence electrons. The van der Waals surface area contributed by atoms with Crippen molar-refractivity contribution in [2.24, 2.45) is 0 Å². The lowest BCUT2D eigenvalue weighted by Gasteiger charge is -2.28. The van der Waals surface area contributed by atoms with Crippen LogP contribution in [0.4, 0.5) is 5.95 Å². The number of nitrogens with one attached hydrogen (secondary N) is 1. The molecular formula is C9H18Cl2N4. The molecule has 0 unspecified atom stereocenters. The molecule has 4 nitrogen and oxygen atoms in total. The van der Waals surface area contributed by atoms with Gasteiger partial charge in [-0.3, -0.25) is 0 Å². The van der Waals surface area contributed by atoms with Gasteiger partial charge < -0.3 is 14.8 Å². The Bertz CT molecular complexity index is 271. The Morgan fingerprint density at radius 2 is 2.00 bits per heavy atom. The van der Waals surface area contributed by atoms with Gasteiger partial charge in [0, 0.05) is 45.1 Å². The molecule has 2 heterocycles. The number of nitrogens with zero attached hydrogens (tertiary/aromatic N) is 3. The quantitative estimate of drug-likeness (QED) is 0.858. The van der Waals surface area contributed by atoms with Gasteiger partial charge in [0.25, 0.3) is 0 Å². The second-order valence-electron chi connectivity index (χ2n) is 3.25. The zero-order valence-electron chi connectivity index (χ0n) is 8.85. The summed E-state index contributed by atoms with van der Waals surface area (Å²) in [6.07, 6.45) is 3.91. The summed E-state index contributed by atoms with van der Waals surface area (Å²) >= 11 is 0. The fraction of sp³-hybridized carbons (Fsp3) is 0.667. The molecule has 1 aliphatic heterocycles. The monoisotopic (exact) mass is 252 g/mol. The number of aromatic nitrogens is 2. The second-order valence-corrected chi connectivity index (χ2v) is 3.25. The first-order valence-electron chi connectivity index (χ1n) is 4.88. The number of hydrogen-bond donors (Lipinski definition) is 1. The van der Waals surface area contributed by atoms with E-state index in [-0.39, 0.29) is 24.8 Å². The van der Waals surface area contributed by atoms with Gasteiger partial charge in [-0.1, -0.05) is 0 Å². The lowest BCUT2D eigenvalue weighted by molar-refractivity contribution is 0.568. The predicted octanol–water partition coefficient (Wildman–Crippen LogP) is 1.16. The number of anilines is 1. The minimum absolute atomic E-state index is 0. The van der Waals surface area contributed by atoms with Crippen LogP contribution in [-0.4, -0.2) is 35.7 Å². The Balaban J connectivity index is 0.000000980. The van der Waals surface area contributed by atoms with Crippen LogP contribution in [0.15, 0.2) is 12.4 Å². The normalized spacial score (nSPS) is 15.4. The number of imidazole rings is 1. The van der Waals surface area contributed by atoms with Gasteiger partial charge in [-0.15, -0.1) is 24.8 Å². The van der Waals surface area contributed by atoms with Gasteiger partial charge in [0.05, 0.1) is 0 Å². The number of halogens is 2. The lowest BCUT2D eigenvalue weighted by Crippen LogP contribution is -2.44. The third-order valence-electron chi connectivity index (χ3n) is 2.43. The maximum Gasteiger partial charge on any atom is 0.205 e. The zero-order chi connectivity index (χ0) is 9.10.